The van der Waals surface area contributed by atoms with E-state index in [1.165, 1.54) is 11.1 Å². The maximum absolute atomic E-state index is 12.6. The summed E-state index contributed by atoms with van der Waals surface area (Å²) in [4.78, 5) is 15.8. The summed E-state index contributed by atoms with van der Waals surface area (Å²) in [6, 6.07) is 20.5. The van der Waals surface area contributed by atoms with E-state index >= 15 is 0 Å². The minimum absolute atomic E-state index is 0.322. The van der Waals surface area contributed by atoms with E-state index in [1.807, 2.05) is 37.3 Å². The number of carbonyl (C=O) groups excluding carboxylic acids is 1. The van der Waals surface area contributed by atoms with Crippen LogP contribution in [0.2, 0.25) is 0 Å². The molecule has 0 bridgehead atoms. The van der Waals surface area contributed by atoms with E-state index in [0.717, 1.165) is 41.4 Å². The molecule has 1 aliphatic heterocycles. The zero-order chi connectivity index (χ0) is 20.9. The molecule has 0 spiro atoms. The monoisotopic (exact) mass is 436 g/mol. The third kappa shape index (κ3) is 4.55. The van der Waals surface area contributed by atoms with E-state index < -0.39 is 0 Å². The normalized spacial score (nSPS) is 12.9. The first-order chi connectivity index (χ1) is 14.7. The molecule has 30 heavy (non-hydrogen) atoms. The Morgan fingerprint density at radius 3 is 2.73 bits per heavy atom. The zero-order valence-electron chi connectivity index (χ0n) is 16.9. The van der Waals surface area contributed by atoms with Crippen molar-refractivity contribution in [3.8, 4) is 0 Å². The zero-order valence-corrected chi connectivity index (χ0v) is 18.5. The van der Waals surface area contributed by atoms with Gasteiger partial charge < -0.3 is 15.0 Å². The lowest BCUT2D eigenvalue weighted by molar-refractivity contribution is 0.0528. The number of thiocarbonyl (C=S) groups is 1. The Labute approximate surface area is 186 Å². The van der Waals surface area contributed by atoms with E-state index in [4.69, 9.17) is 17.0 Å². The predicted molar refractivity (Wildman–Crippen MR) is 128 cm³/mol. The number of rotatable bonds is 5. The summed E-state index contributed by atoms with van der Waals surface area (Å²) in [6.45, 7) is 3.02. The summed E-state index contributed by atoms with van der Waals surface area (Å²) >= 11 is 7.31. The van der Waals surface area contributed by atoms with Gasteiger partial charge in [-0.2, -0.15) is 0 Å². The highest BCUT2D eigenvalue weighted by atomic mass is 32.1. The molecule has 0 saturated carbocycles. The third-order valence-electron chi connectivity index (χ3n) is 5.08. The van der Waals surface area contributed by atoms with Gasteiger partial charge in [-0.05, 0) is 55.2 Å². The van der Waals surface area contributed by atoms with Crippen LogP contribution in [0.4, 0.5) is 10.7 Å². The first kappa shape index (κ1) is 20.6. The number of nitrogens with one attached hydrogen (secondary N) is 1. The van der Waals surface area contributed by atoms with E-state index in [-0.39, 0.29) is 5.97 Å². The summed E-state index contributed by atoms with van der Waals surface area (Å²) in [5.41, 5.74) is 4.18. The number of hydrogen-bond donors (Lipinski definition) is 1. The number of aryl methyl sites for hydroxylation is 1. The van der Waals surface area contributed by atoms with E-state index in [0.29, 0.717) is 17.3 Å². The number of benzene rings is 2. The van der Waals surface area contributed by atoms with Crippen LogP contribution in [-0.4, -0.2) is 24.2 Å². The summed E-state index contributed by atoms with van der Waals surface area (Å²) in [6.07, 6.45) is 2.87. The SMILES string of the molecule is CCOC(=O)c1cc(Cc2ccccc2)sc1NC(=S)N1CCCc2ccccc21. The minimum Gasteiger partial charge on any atom is -0.462 e. The number of thiophene rings is 1. The molecule has 1 N–H and O–H groups in total. The maximum Gasteiger partial charge on any atom is 0.341 e. The van der Waals surface area contributed by atoms with Crippen LogP contribution in [0.3, 0.4) is 0 Å². The molecule has 0 radical (unpaired) electrons. The molecule has 1 aromatic heterocycles. The number of anilines is 2. The summed E-state index contributed by atoms with van der Waals surface area (Å²) in [7, 11) is 0. The van der Waals surface area contributed by atoms with Crippen LogP contribution in [0.1, 0.15) is 39.7 Å². The minimum atomic E-state index is -0.322. The number of esters is 1. The van der Waals surface area contributed by atoms with E-state index in [9.17, 15) is 4.79 Å². The lowest BCUT2D eigenvalue weighted by atomic mass is 10.0. The number of ether oxygens (including phenoxy) is 1. The standard InChI is InChI=1S/C24H24N2O2S2/c1-2-28-23(27)20-16-19(15-17-9-4-3-5-10-17)30-22(20)25-24(29)26-14-8-12-18-11-6-7-13-21(18)26/h3-7,9-11,13,16H,2,8,12,14-15H2,1H3,(H,25,29). The van der Waals surface area contributed by atoms with Crippen molar-refractivity contribution in [2.75, 3.05) is 23.4 Å². The van der Waals surface area contributed by atoms with Gasteiger partial charge in [0.2, 0.25) is 0 Å². The molecular formula is C24H24N2O2S2. The lowest BCUT2D eigenvalue weighted by Crippen LogP contribution is -2.38. The summed E-state index contributed by atoms with van der Waals surface area (Å²) in [5.74, 6) is -0.322. The maximum atomic E-state index is 12.6. The van der Waals surface area contributed by atoms with Gasteiger partial charge in [-0.3, -0.25) is 0 Å². The molecule has 0 atom stereocenters. The molecule has 0 saturated heterocycles. The number of para-hydroxylation sites is 1. The number of fused-ring (bicyclic) bond motifs is 1. The Bertz CT molecular complexity index is 1050. The van der Waals surface area contributed by atoms with Gasteiger partial charge in [0.15, 0.2) is 5.11 Å². The fourth-order valence-electron chi connectivity index (χ4n) is 3.69. The molecule has 154 valence electrons. The molecule has 0 aliphatic carbocycles. The smallest absolute Gasteiger partial charge is 0.341 e. The Kier molecular flexibility index (Phi) is 6.45. The molecule has 0 fully saturated rings. The number of nitrogens with zero attached hydrogens (tertiary/aromatic N) is 1. The fourth-order valence-corrected chi connectivity index (χ4v) is 5.12. The molecule has 4 nitrogen and oxygen atoms in total. The van der Waals surface area contributed by atoms with Gasteiger partial charge in [0.25, 0.3) is 0 Å². The summed E-state index contributed by atoms with van der Waals surface area (Å²) < 4.78 is 5.29. The Hall–Kier alpha value is -2.70. The van der Waals surface area contributed by atoms with Crippen LogP contribution in [0.5, 0.6) is 0 Å². The van der Waals surface area contributed by atoms with Crippen molar-refractivity contribution in [2.45, 2.75) is 26.2 Å². The Balaban J connectivity index is 1.59. The van der Waals surface area contributed by atoms with Gasteiger partial charge in [-0.1, -0.05) is 48.5 Å². The van der Waals surface area contributed by atoms with Gasteiger partial charge in [0.1, 0.15) is 5.00 Å². The molecule has 2 heterocycles. The van der Waals surface area contributed by atoms with Crippen LogP contribution in [0.15, 0.2) is 60.7 Å². The van der Waals surface area contributed by atoms with Gasteiger partial charge in [0, 0.05) is 23.5 Å². The fraction of sp³-hybridized carbons (Fsp3) is 0.250. The van der Waals surface area contributed by atoms with E-state index in [1.54, 1.807) is 11.3 Å². The molecule has 0 unspecified atom stereocenters. The van der Waals surface area contributed by atoms with Crippen molar-refractivity contribution >= 4 is 45.3 Å². The van der Waals surface area contributed by atoms with Crippen LogP contribution >= 0.6 is 23.6 Å². The number of carbonyl (C=O) groups is 1. The predicted octanol–water partition coefficient (Wildman–Crippen LogP) is 5.67. The van der Waals surface area contributed by atoms with Gasteiger partial charge in [0.05, 0.1) is 12.2 Å². The lowest BCUT2D eigenvalue weighted by Gasteiger charge is -2.31. The van der Waals surface area contributed by atoms with Crippen molar-refractivity contribution in [1.82, 2.24) is 0 Å². The molecular weight excluding hydrogens is 412 g/mol. The van der Waals surface area contributed by atoms with Crippen molar-refractivity contribution in [3.63, 3.8) is 0 Å². The molecule has 3 aromatic rings. The molecule has 0 amide bonds. The van der Waals surface area contributed by atoms with Gasteiger partial charge in [-0.25, -0.2) is 4.79 Å². The Morgan fingerprint density at radius 1 is 1.17 bits per heavy atom. The Morgan fingerprint density at radius 2 is 1.93 bits per heavy atom. The summed E-state index contributed by atoms with van der Waals surface area (Å²) in [5, 5.41) is 4.70. The molecule has 1 aliphatic rings. The second-order valence-corrected chi connectivity index (χ2v) is 8.68. The quantitative estimate of drug-likeness (QED) is 0.413. The highest BCUT2D eigenvalue weighted by Crippen LogP contribution is 2.33. The van der Waals surface area contributed by atoms with Gasteiger partial charge in [-0.15, -0.1) is 11.3 Å². The number of hydrogen-bond acceptors (Lipinski definition) is 4. The highest BCUT2D eigenvalue weighted by molar-refractivity contribution is 7.80. The average Bonchev–Trinajstić information content (AvgIpc) is 3.16. The first-order valence-electron chi connectivity index (χ1n) is 10.2. The van der Waals surface area contributed by atoms with Crippen molar-refractivity contribution in [1.29, 1.82) is 0 Å². The van der Waals surface area contributed by atoms with Crippen molar-refractivity contribution in [2.24, 2.45) is 0 Å². The first-order valence-corrected chi connectivity index (χ1v) is 11.4. The van der Waals surface area contributed by atoms with Crippen molar-refractivity contribution in [3.05, 3.63) is 82.2 Å². The van der Waals surface area contributed by atoms with Crippen molar-refractivity contribution < 1.29 is 9.53 Å². The van der Waals surface area contributed by atoms with Crippen LogP contribution < -0.4 is 10.2 Å². The highest BCUT2D eigenvalue weighted by Gasteiger charge is 2.23. The molecule has 4 rings (SSSR count). The molecule has 2 aromatic carbocycles. The van der Waals surface area contributed by atoms with E-state index in [2.05, 4.69) is 40.5 Å². The van der Waals surface area contributed by atoms with Crippen LogP contribution in [0, 0.1) is 0 Å². The topological polar surface area (TPSA) is 41.6 Å². The van der Waals surface area contributed by atoms with Crippen LogP contribution in [-0.2, 0) is 17.6 Å². The largest absolute Gasteiger partial charge is 0.462 e. The third-order valence-corrected chi connectivity index (χ3v) is 6.45. The van der Waals surface area contributed by atoms with Gasteiger partial charge >= 0.3 is 5.97 Å². The second kappa shape index (κ2) is 9.41. The molecule has 6 heteroatoms. The average molecular weight is 437 g/mol. The second-order valence-electron chi connectivity index (χ2n) is 7.15. The van der Waals surface area contributed by atoms with Crippen LogP contribution in [0.25, 0.3) is 0 Å².